The SMILES string of the molecule is CC1=C(C(=O)OC(C)C)[C@@H](c2cccs2)NC(=O)N1. The molecule has 0 fully saturated rings. The predicted molar refractivity (Wildman–Crippen MR) is 72.7 cm³/mol. The van der Waals surface area contributed by atoms with E-state index in [9.17, 15) is 9.59 Å². The zero-order valence-corrected chi connectivity index (χ0v) is 11.8. The molecule has 5 nitrogen and oxygen atoms in total. The molecule has 1 aliphatic heterocycles. The Balaban J connectivity index is 2.36. The minimum Gasteiger partial charge on any atom is -0.459 e. The maximum absolute atomic E-state index is 12.2. The molecule has 0 saturated carbocycles. The van der Waals surface area contributed by atoms with Crippen molar-refractivity contribution in [3.63, 3.8) is 0 Å². The Bertz CT molecular complexity index is 520. The lowest BCUT2D eigenvalue weighted by Gasteiger charge is -2.27. The number of hydrogen-bond donors (Lipinski definition) is 2. The van der Waals surface area contributed by atoms with Crippen molar-refractivity contribution in [3.8, 4) is 0 Å². The number of nitrogens with one attached hydrogen (secondary N) is 2. The van der Waals surface area contributed by atoms with Crippen LogP contribution in [-0.2, 0) is 9.53 Å². The fourth-order valence-corrected chi connectivity index (χ4v) is 2.70. The maximum atomic E-state index is 12.2. The lowest BCUT2D eigenvalue weighted by atomic mass is 10.0. The summed E-state index contributed by atoms with van der Waals surface area (Å²) < 4.78 is 5.24. The zero-order valence-electron chi connectivity index (χ0n) is 11.0. The molecule has 1 aromatic heterocycles. The Hall–Kier alpha value is -1.82. The number of esters is 1. The quantitative estimate of drug-likeness (QED) is 0.835. The lowest BCUT2D eigenvalue weighted by Crippen LogP contribution is -2.45. The first-order valence-corrected chi connectivity index (χ1v) is 6.89. The molecule has 2 amide bonds. The number of hydrogen-bond acceptors (Lipinski definition) is 4. The predicted octanol–water partition coefficient (Wildman–Crippen LogP) is 2.33. The summed E-state index contributed by atoms with van der Waals surface area (Å²) in [6.45, 7) is 5.29. The second-order valence-corrected chi connectivity index (χ2v) is 5.52. The smallest absolute Gasteiger partial charge is 0.338 e. The van der Waals surface area contributed by atoms with Gasteiger partial charge in [0.05, 0.1) is 17.7 Å². The monoisotopic (exact) mass is 280 g/mol. The number of ether oxygens (including phenoxy) is 1. The number of carbonyl (C=O) groups is 2. The standard InChI is InChI=1S/C13H16N2O3S/c1-7(2)18-12(16)10-8(3)14-13(17)15-11(10)9-5-4-6-19-9/h4-7,11H,1-3H3,(H2,14,15,17)/t11-/m1/s1. The second kappa shape index (κ2) is 5.44. The molecule has 0 saturated heterocycles. The van der Waals surface area contributed by atoms with Gasteiger partial charge < -0.3 is 15.4 Å². The molecule has 0 unspecified atom stereocenters. The van der Waals surface area contributed by atoms with E-state index in [1.54, 1.807) is 20.8 Å². The summed E-state index contributed by atoms with van der Waals surface area (Å²) in [7, 11) is 0. The molecule has 1 aromatic rings. The molecular weight excluding hydrogens is 264 g/mol. The number of rotatable bonds is 3. The van der Waals surface area contributed by atoms with E-state index in [1.165, 1.54) is 11.3 Å². The van der Waals surface area contributed by atoms with Gasteiger partial charge in [-0.1, -0.05) is 6.07 Å². The van der Waals surface area contributed by atoms with Gasteiger partial charge >= 0.3 is 12.0 Å². The summed E-state index contributed by atoms with van der Waals surface area (Å²) in [5, 5.41) is 7.27. The normalized spacial score (nSPS) is 19.2. The zero-order chi connectivity index (χ0) is 14.0. The van der Waals surface area contributed by atoms with Crippen molar-refractivity contribution in [3.05, 3.63) is 33.7 Å². The third kappa shape index (κ3) is 2.96. The fourth-order valence-electron chi connectivity index (χ4n) is 1.91. The summed E-state index contributed by atoms with van der Waals surface area (Å²) in [6.07, 6.45) is -0.200. The highest BCUT2D eigenvalue weighted by Crippen LogP contribution is 2.30. The van der Waals surface area contributed by atoms with Crippen LogP contribution in [0.2, 0.25) is 0 Å². The Kier molecular flexibility index (Phi) is 3.90. The van der Waals surface area contributed by atoms with Gasteiger partial charge in [0, 0.05) is 10.6 Å². The summed E-state index contributed by atoms with van der Waals surface area (Å²) in [4.78, 5) is 24.6. The van der Waals surface area contributed by atoms with Crippen molar-refractivity contribution in [1.82, 2.24) is 10.6 Å². The van der Waals surface area contributed by atoms with E-state index in [0.717, 1.165) is 4.88 Å². The molecule has 0 aromatic carbocycles. The van der Waals surface area contributed by atoms with Crippen molar-refractivity contribution in [2.45, 2.75) is 32.9 Å². The van der Waals surface area contributed by atoms with Crippen molar-refractivity contribution >= 4 is 23.3 Å². The molecule has 0 aliphatic carbocycles. The van der Waals surface area contributed by atoms with E-state index in [0.29, 0.717) is 11.3 Å². The molecule has 0 spiro atoms. The molecule has 2 heterocycles. The third-order valence-corrected chi connectivity index (χ3v) is 3.60. The van der Waals surface area contributed by atoms with E-state index in [1.807, 2.05) is 17.5 Å². The Labute approximate surface area is 115 Å². The highest BCUT2D eigenvalue weighted by Gasteiger charge is 2.32. The summed E-state index contributed by atoms with van der Waals surface area (Å²) in [5.74, 6) is -0.404. The topological polar surface area (TPSA) is 67.4 Å². The first-order valence-electron chi connectivity index (χ1n) is 6.01. The largest absolute Gasteiger partial charge is 0.459 e. The molecular formula is C13H16N2O3S. The lowest BCUT2D eigenvalue weighted by molar-refractivity contribution is -0.143. The highest BCUT2D eigenvalue weighted by molar-refractivity contribution is 7.10. The average Bonchev–Trinajstić information content (AvgIpc) is 2.79. The number of carbonyl (C=O) groups excluding carboxylic acids is 2. The first-order chi connectivity index (χ1) is 8.99. The van der Waals surface area contributed by atoms with Crippen LogP contribution in [-0.4, -0.2) is 18.1 Å². The van der Waals surface area contributed by atoms with Gasteiger partial charge in [0.15, 0.2) is 0 Å². The van der Waals surface area contributed by atoms with E-state index in [4.69, 9.17) is 4.74 Å². The molecule has 2 N–H and O–H groups in total. The van der Waals surface area contributed by atoms with Gasteiger partial charge in [-0.3, -0.25) is 0 Å². The molecule has 6 heteroatoms. The maximum Gasteiger partial charge on any atom is 0.338 e. The van der Waals surface area contributed by atoms with Gasteiger partial charge in [-0.15, -0.1) is 11.3 Å². The van der Waals surface area contributed by atoms with Crippen LogP contribution < -0.4 is 10.6 Å². The van der Waals surface area contributed by atoms with Gasteiger partial charge in [0.1, 0.15) is 0 Å². The molecule has 1 aliphatic rings. The van der Waals surface area contributed by atoms with Crippen LogP contribution in [0.5, 0.6) is 0 Å². The summed E-state index contributed by atoms with van der Waals surface area (Å²) in [5.41, 5.74) is 0.989. The first kappa shape index (κ1) is 13.6. The van der Waals surface area contributed by atoms with Gasteiger partial charge in [-0.25, -0.2) is 9.59 Å². The molecule has 1 atom stereocenters. The average molecular weight is 280 g/mol. The number of thiophene rings is 1. The summed E-state index contributed by atoms with van der Waals surface area (Å²) in [6, 6.07) is 3.02. The van der Waals surface area contributed by atoms with Crippen LogP contribution in [0.3, 0.4) is 0 Å². The van der Waals surface area contributed by atoms with Crippen molar-refractivity contribution in [2.75, 3.05) is 0 Å². The van der Waals surface area contributed by atoms with E-state index in [2.05, 4.69) is 10.6 Å². The van der Waals surface area contributed by atoms with Crippen LogP contribution in [0.4, 0.5) is 4.79 Å². The molecule has 102 valence electrons. The van der Waals surface area contributed by atoms with Gasteiger partial charge in [0.25, 0.3) is 0 Å². The number of allylic oxidation sites excluding steroid dienone is 1. The third-order valence-electron chi connectivity index (χ3n) is 2.66. The van der Waals surface area contributed by atoms with Crippen LogP contribution in [0.1, 0.15) is 31.7 Å². The Morgan fingerprint density at radius 1 is 1.47 bits per heavy atom. The van der Waals surface area contributed by atoms with Crippen molar-refractivity contribution < 1.29 is 14.3 Å². The molecule has 19 heavy (non-hydrogen) atoms. The number of amides is 2. The molecule has 2 rings (SSSR count). The van der Waals surface area contributed by atoms with Crippen LogP contribution in [0.15, 0.2) is 28.8 Å². The Morgan fingerprint density at radius 2 is 2.21 bits per heavy atom. The second-order valence-electron chi connectivity index (χ2n) is 4.54. The van der Waals surface area contributed by atoms with Gasteiger partial charge in [-0.05, 0) is 32.2 Å². The molecule has 0 bridgehead atoms. The minimum atomic E-state index is -0.444. The van der Waals surface area contributed by atoms with Crippen LogP contribution in [0.25, 0.3) is 0 Å². The van der Waals surface area contributed by atoms with E-state index >= 15 is 0 Å². The van der Waals surface area contributed by atoms with Crippen LogP contribution >= 0.6 is 11.3 Å². The van der Waals surface area contributed by atoms with Crippen molar-refractivity contribution in [1.29, 1.82) is 0 Å². The minimum absolute atomic E-state index is 0.200. The van der Waals surface area contributed by atoms with Gasteiger partial charge in [-0.2, -0.15) is 0 Å². The van der Waals surface area contributed by atoms with Gasteiger partial charge in [0.2, 0.25) is 0 Å². The molecule has 0 radical (unpaired) electrons. The summed E-state index contributed by atoms with van der Waals surface area (Å²) >= 11 is 1.49. The van der Waals surface area contributed by atoms with E-state index < -0.39 is 12.0 Å². The van der Waals surface area contributed by atoms with Crippen LogP contribution in [0, 0.1) is 0 Å². The van der Waals surface area contributed by atoms with E-state index in [-0.39, 0.29) is 12.1 Å². The fraction of sp³-hybridized carbons (Fsp3) is 0.385. The highest BCUT2D eigenvalue weighted by atomic mass is 32.1. The Morgan fingerprint density at radius 3 is 2.79 bits per heavy atom. The number of urea groups is 1. The van der Waals surface area contributed by atoms with Crippen molar-refractivity contribution in [2.24, 2.45) is 0 Å².